The van der Waals surface area contributed by atoms with E-state index >= 15 is 0 Å². The molecular weight excluding hydrogens is 152 g/mol. The highest BCUT2D eigenvalue weighted by Gasteiger charge is 2.30. The fourth-order valence-electron chi connectivity index (χ4n) is 0.973. The van der Waals surface area contributed by atoms with Crippen molar-refractivity contribution in [2.45, 2.75) is 18.3 Å². The van der Waals surface area contributed by atoms with Crippen molar-refractivity contribution in [2.24, 2.45) is 0 Å². The van der Waals surface area contributed by atoms with E-state index in [4.69, 9.17) is 24.8 Å². The Balaban J connectivity index is 2.40. The summed E-state index contributed by atoms with van der Waals surface area (Å²) in [6, 6.07) is 0. The van der Waals surface area contributed by atoms with Crippen LogP contribution in [0.25, 0.3) is 0 Å². The van der Waals surface area contributed by atoms with Crippen LogP contribution in [0.2, 0.25) is 0 Å². The Morgan fingerprint density at radius 2 is 2.27 bits per heavy atom. The summed E-state index contributed by atoms with van der Waals surface area (Å²) >= 11 is 0. The zero-order valence-corrected chi connectivity index (χ0v) is 6.01. The zero-order valence-electron chi connectivity index (χ0n) is 6.01. The van der Waals surface area contributed by atoms with Crippen LogP contribution in [0.4, 0.5) is 0 Å². The average Bonchev–Trinajstić information content (AvgIpc) is 2.04. The summed E-state index contributed by atoms with van der Waals surface area (Å²) < 4.78 is 9.60. The minimum atomic E-state index is -1.03. The number of aliphatic hydroxyl groups is 3. The van der Waals surface area contributed by atoms with Gasteiger partial charge in [0.15, 0.2) is 0 Å². The van der Waals surface area contributed by atoms with Crippen LogP contribution in [0.15, 0.2) is 0 Å². The number of hydrogen-bond donors (Lipinski definition) is 3. The van der Waals surface area contributed by atoms with Gasteiger partial charge in [0.05, 0.1) is 13.2 Å². The highest BCUT2D eigenvalue weighted by molar-refractivity contribution is 4.77. The Morgan fingerprint density at radius 3 is 2.82 bits per heavy atom. The molecule has 0 spiro atoms. The first kappa shape index (κ1) is 8.89. The van der Waals surface area contributed by atoms with E-state index in [0.717, 1.165) is 0 Å². The van der Waals surface area contributed by atoms with Crippen LogP contribution in [0.3, 0.4) is 0 Å². The third kappa shape index (κ3) is 2.11. The van der Waals surface area contributed by atoms with Crippen LogP contribution in [0, 0.1) is 0 Å². The largest absolute Gasteiger partial charge is 0.394 e. The molecule has 3 N–H and O–H groups in total. The van der Waals surface area contributed by atoms with Crippen molar-refractivity contribution in [3.8, 4) is 0 Å². The first-order valence-electron chi connectivity index (χ1n) is 3.42. The highest BCUT2D eigenvalue weighted by atomic mass is 16.7. The molecule has 11 heavy (non-hydrogen) atoms. The third-order valence-corrected chi connectivity index (χ3v) is 1.58. The van der Waals surface area contributed by atoms with Gasteiger partial charge >= 0.3 is 0 Å². The predicted octanol–water partition coefficient (Wildman–Crippen LogP) is -1.93. The molecule has 0 aromatic rings. The number of rotatable bonds is 2. The van der Waals surface area contributed by atoms with Crippen molar-refractivity contribution in [1.29, 1.82) is 0 Å². The smallest absolute Gasteiger partial charge is 0.147 e. The molecule has 66 valence electrons. The van der Waals surface area contributed by atoms with Crippen LogP contribution >= 0.6 is 0 Å². The molecule has 1 aliphatic rings. The molecule has 0 amide bonds. The molecule has 0 aromatic heterocycles. The zero-order chi connectivity index (χ0) is 8.27. The second kappa shape index (κ2) is 3.99. The third-order valence-electron chi connectivity index (χ3n) is 1.58. The van der Waals surface area contributed by atoms with Gasteiger partial charge in [0, 0.05) is 0 Å². The van der Waals surface area contributed by atoms with Gasteiger partial charge in [0.2, 0.25) is 0 Å². The second-order valence-corrected chi connectivity index (χ2v) is 2.44. The average molecular weight is 164 g/mol. The summed E-state index contributed by atoms with van der Waals surface area (Å²) in [7, 11) is 0. The summed E-state index contributed by atoms with van der Waals surface area (Å²) in [5, 5.41) is 26.7. The number of hydrogen-bond acceptors (Lipinski definition) is 5. The van der Waals surface area contributed by atoms with Crippen LogP contribution < -0.4 is 0 Å². The van der Waals surface area contributed by atoms with E-state index in [1.807, 2.05) is 0 Å². The van der Waals surface area contributed by atoms with Crippen LogP contribution in [-0.2, 0) is 9.47 Å². The van der Waals surface area contributed by atoms with E-state index in [1.54, 1.807) is 0 Å². The van der Waals surface area contributed by atoms with Gasteiger partial charge in [-0.05, 0) is 0 Å². The Hall–Kier alpha value is -0.200. The first-order valence-corrected chi connectivity index (χ1v) is 3.42. The van der Waals surface area contributed by atoms with Crippen molar-refractivity contribution in [2.75, 3.05) is 20.0 Å². The lowest BCUT2D eigenvalue weighted by atomic mass is 10.1. The van der Waals surface area contributed by atoms with Gasteiger partial charge in [-0.25, -0.2) is 0 Å². The maximum atomic E-state index is 9.15. The molecule has 5 nitrogen and oxygen atoms in total. The minimum absolute atomic E-state index is 0.0544. The lowest BCUT2D eigenvalue weighted by molar-refractivity contribution is -0.223. The molecule has 0 radical (unpaired) electrons. The Morgan fingerprint density at radius 1 is 1.55 bits per heavy atom. The van der Waals surface area contributed by atoms with Crippen LogP contribution in [-0.4, -0.2) is 53.6 Å². The van der Waals surface area contributed by atoms with E-state index in [9.17, 15) is 0 Å². The molecule has 1 heterocycles. The molecule has 1 rings (SSSR count). The molecule has 5 heteroatoms. The maximum Gasteiger partial charge on any atom is 0.147 e. The predicted molar refractivity (Wildman–Crippen MR) is 34.8 cm³/mol. The van der Waals surface area contributed by atoms with E-state index in [0.29, 0.717) is 0 Å². The van der Waals surface area contributed by atoms with Crippen LogP contribution in [0.5, 0.6) is 0 Å². The molecule has 0 bridgehead atoms. The first-order chi connectivity index (χ1) is 5.25. The van der Waals surface area contributed by atoms with Crippen LogP contribution in [0.1, 0.15) is 0 Å². The standard InChI is InChI=1S/C6H12O5/c7-1-4(8)6-5(9)2-10-3-11-6/h4-9H,1-3H2/t4-,5-,6-/m0/s1. The minimum Gasteiger partial charge on any atom is -0.394 e. The molecule has 0 unspecified atom stereocenters. The molecule has 1 fully saturated rings. The van der Waals surface area contributed by atoms with Crippen molar-refractivity contribution in [1.82, 2.24) is 0 Å². The lowest BCUT2D eigenvalue weighted by Gasteiger charge is -2.30. The molecular formula is C6H12O5. The maximum absolute atomic E-state index is 9.15. The number of ether oxygens (including phenoxy) is 2. The normalized spacial score (nSPS) is 35.2. The fourth-order valence-corrected chi connectivity index (χ4v) is 0.973. The van der Waals surface area contributed by atoms with E-state index in [1.165, 1.54) is 0 Å². The monoisotopic (exact) mass is 164 g/mol. The SMILES string of the molecule is OC[C@H](O)[C@@H]1OCOC[C@@H]1O. The van der Waals surface area contributed by atoms with Crippen molar-refractivity contribution in [3.63, 3.8) is 0 Å². The molecule has 0 saturated carbocycles. The molecule has 1 saturated heterocycles. The summed E-state index contributed by atoms with van der Waals surface area (Å²) in [6.07, 6.45) is -2.62. The second-order valence-electron chi connectivity index (χ2n) is 2.44. The lowest BCUT2D eigenvalue weighted by Crippen LogP contribution is -2.47. The molecule has 1 aliphatic heterocycles. The topological polar surface area (TPSA) is 79.2 Å². The summed E-state index contributed by atoms with van der Waals surface area (Å²) in [5.41, 5.74) is 0. The molecule has 0 aliphatic carbocycles. The summed E-state index contributed by atoms with van der Waals surface area (Å²) in [5.74, 6) is 0. The Kier molecular flexibility index (Phi) is 3.22. The van der Waals surface area contributed by atoms with Gasteiger partial charge in [-0.1, -0.05) is 0 Å². The van der Waals surface area contributed by atoms with E-state index < -0.39 is 24.9 Å². The van der Waals surface area contributed by atoms with Crippen molar-refractivity contribution < 1.29 is 24.8 Å². The van der Waals surface area contributed by atoms with Gasteiger partial charge in [0.1, 0.15) is 25.1 Å². The van der Waals surface area contributed by atoms with E-state index in [2.05, 4.69) is 0 Å². The van der Waals surface area contributed by atoms with Crippen molar-refractivity contribution >= 4 is 0 Å². The van der Waals surface area contributed by atoms with Crippen molar-refractivity contribution in [3.05, 3.63) is 0 Å². The van der Waals surface area contributed by atoms with Gasteiger partial charge in [0.25, 0.3) is 0 Å². The van der Waals surface area contributed by atoms with E-state index in [-0.39, 0.29) is 13.4 Å². The van der Waals surface area contributed by atoms with Gasteiger partial charge in [-0.3, -0.25) is 0 Å². The van der Waals surface area contributed by atoms with Gasteiger partial charge < -0.3 is 24.8 Å². The highest BCUT2D eigenvalue weighted by Crippen LogP contribution is 2.10. The Bertz CT molecular complexity index is 114. The molecule has 3 atom stereocenters. The van der Waals surface area contributed by atoms with Gasteiger partial charge in [-0.2, -0.15) is 0 Å². The fraction of sp³-hybridized carbons (Fsp3) is 1.00. The Labute approximate surface area is 64.2 Å². The quantitative estimate of drug-likeness (QED) is 0.443. The number of aliphatic hydroxyl groups excluding tert-OH is 3. The van der Waals surface area contributed by atoms with Gasteiger partial charge in [-0.15, -0.1) is 0 Å². The summed E-state index contributed by atoms with van der Waals surface area (Å²) in [6.45, 7) is -0.220. The summed E-state index contributed by atoms with van der Waals surface area (Å²) in [4.78, 5) is 0. The molecule has 0 aromatic carbocycles.